The molecule has 102 valence electrons. The van der Waals surface area contributed by atoms with E-state index in [1.165, 1.54) is 12.1 Å². The number of amides is 1. The van der Waals surface area contributed by atoms with Gasteiger partial charge in [0.15, 0.2) is 0 Å². The van der Waals surface area contributed by atoms with Crippen LogP contribution in [0.25, 0.3) is 0 Å². The molecule has 0 bridgehead atoms. The number of anilines is 1. The first-order valence-corrected chi connectivity index (χ1v) is 7.35. The quantitative estimate of drug-likeness (QED) is 0.436. The molecule has 0 aliphatic heterocycles. The topological polar surface area (TPSA) is 72.2 Å². The second kappa shape index (κ2) is 6.31. The van der Waals surface area contributed by atoms with E-state index >= 15 is 0 Å². The minimum atomic E-state index is -0.522. The van der Waals surface area contributed by atoms with Crippen molar-refractivity contribution in [3.63, 3.8) is 0 Å². The number of nitrogens with zero attached hydrogens (tertiary/aromatic N) is 1. The van der Waals surface area contributed by atoms with Crippen LogP contribution in [0.3, 0.4) is 0 Å². The van der Waals surface area contributed by atoms with E-state index in [9.17, 15) is 14.9 Å². The zero-order valence-corrected chi connectivity index (χ0v) is 13.7. The molecule has 2 aromatic carbocycles. The van der Waals surface area contributed by atoms with Crippen molar-refractivity contribution in [2.24, 2.45) is 0 Å². The highest BCUT2D eigenvalue weighted by Gasteiger charge is 2.15. The minimum absolute atomic E-state index is 0.107. The molecule has 0 aliphatic carbocycles. The van der Waals surface area contributed by atoms with Gasteiger partial charge in [-0.25, -0.2) is 0 Å². The molecule has 0 aliphatic rings. The van der Waals surface area contributed by atoms with Crippen molar-refractivity contribution in [1.82, 2.24) is 0 Å². The minimum Gasteiger partial charge on any atom is -0.322 e. The van der Waals surface area contributed by atoms with Crippen LogP contribution in [0.5, 0.6) is 0 Å². The van der Waals surface area contributed by atoms with Gasteiger partial charge in [-0.3, -0.25) is 14.9 Å². The van der Waals surface area contributed by atoms with Crippen molar-refractivity contribution >= 4 is 55.8 Å². The fraction of sp³-hybridized carbons (Fsp3) is 0. The molecular weight excluding hydrogens is 439 g/mol. The number of rotatable bonds is 3. The predicted molar refractivity (Wildman–Crippen MR) is 87.9 cm³/mol. The lowest BCUT2D eigenvalue weighted by molar-refractivity contribution is -0.384. The van der Waals surface area contributed by atoms with Crippen LogP contribution in [0.1, 0.15) is 10.4 Å². The van der Waals surface area contributed by atoms with Gasteiger partial charge in [-0.2, -0.15) is 0 Å². The summed E-state index contributed by atoms with van der Waals surface area (Å²) in [6.45, 7) is 0. The molecule has 1 amide bonds. The number of non-ortho nitro benzene ring substituents is 1. The maximum absolute atomic E-state index is 12.2. The van der Waals surface area contributed by atoms with Gasteiger partial charge in [-0.15, -0.1) is 0 Å². The van der Waals surface area contributed by atoms with E-state index in [1.54, 1.807) is 24.3 Å². The van der Waals surface area contributed by atoms with E-state index in [2.05, 4.69) is 21.2 Å². The lowest BCUT2D eigenvalue weighted by atomic mass is 10.2. The summed E-state index contributed by atoms with van der Waals surface area (Å²) in [6.07, 6.45) is 0. The van der Waals surface area contributed by atoms with Gasteiger partial charge in [0.25, 0.3) is 11.6 Å². The normalized spacial score (nSPS) is 10.1. The molecule has 0 saturated carbocycles. The summed E-state index contributed by atoms with van der Waals surface area (Å²) in [5.41, 5.74) is 0.788. The highest BCUT2D eigenvalue weighted by molar-refractivity contribution is 14.1. The van der Waals surface area contributed by atoms with Gasteiger partial charge in [0.05, 0.1) is 10.5 Å². The molecule has 0 spiro atoms. The highest BCUT2D eigenvalue weighted by Crippen LogP contribution is 2.22. The summed E-state index contributed by atoms with van der Waals surface area (Å²) in [7, 11) is 0. The fourth-order valence-corrected chi connectivity index (χ4v) is 2.55. The molecule has 0 fully saturated rings. The van der Waals surface area contributed by atoms with Gasteiger partial charge in [-0.05, 0) is 46.9 Å². The van der Waals surface area contributed by atoms with Crippen molar-refractivity contribution in [1.29, 1.82) is 0 Å². The molecule has 1 N–H and O–H groups in total. The molecule has 0 atom stereocenters. The second-order valence-corrected chi connectivity index (χ2v) is 5.96. The van der Waals surface area contributed by atoms with E-state index in [0.29, 0.717) is 9.26 Å². The Hall–Kier alpha value is -1.48. The van der Waals surface area contributed by atoms with E-state index in [4.69, 9.17) is 0 Å². The summed E-state index contributed by atoms with van der Waals surface area (Å²) >= 11 is 5.28. The Bertz CT molecular complexity index is 691. The Balaban J connectivity index is 2.29. The average Bonchev–Trinajstić information content (AvgIpc) is 2.38. The molecule has 20 heavy (non-hydrogen) atoms. The van der Waals surface area contributed by atoms with Crippen molar-refractivity contribution in [3.05, 3.63) is 66.2 Å². The number of nitro benzene ring substituents is 1. The summed E-state index contributed by atoms with van der Waals surface area (Å²) in [4.78, 5) is 22.4. The first kappa shape index (κ1) is 14.9. The number of carbonyl (C=O) groups excluding carboxylic acids is 1. The fourth-order valence-electron chi connectivity index (χ4n) is 1.57. The molecule has 7 heteroatoms. The van der Waals surface area contributed by atoms with Crippen LogP contribution in [-0.4, -0.2) is 10.8 Å². The summed E-state index contributed by atoms with van der Waals surface area (Å²) in [5, 5.41) is 13.5. The van der Waals surface area contributed by atoms with Crippen molar-refractivity contribution in [2.75, 3.05) is 5.32 Å². The average molecular weight is 447 g/mol. The van der Waals surface area contributed by atoms with Gasteiger partial charge < -0.3 is 5.32 Å². The molecule has 0 unspecified atom stereocenters. The van der Waals surface area contributed by atoms with Gasteiger partial charge in [0, 0.05) is 25.9 Å². The van der Waals surface area contributed by atoms with E-state index in [1.807, 2.05) is 28.7 Å². The zero-order valence-electron chi connectivity index (χ0n) is 9.97. The van der Waals surface area contributed by atoms with Gasteiger partial charge in [0.2, 0.25) is 0 Å². The number of hydrogen-bond acceptors (Lipinski definition) is 3. The Labute approximate surface area is 136 Å². The maximum Gasteiger partial charge on any atom is 0.270 e. The Morgan fingerprint density at radius 2 is 2.00 bits per heavy atom. The van der Waals surface area contributed by atoms with Crippen molar-refractivity contribution in [2.45, 2.75) is 0 Å². The third-order valence-corrected chi connectivity index (χ3v) is 3.92. The monoisotopic (exact) mass is 446 g/mol. The molecule has 0 heterocycles. The van der Waals surface area contributed by atoms with Crippen molar-refractivity contribution < 1.29 is 9.72 Å². The second-order valence-electron chi connectivity index (χ2n) is 3.89. The van der Waals surface area contributed by atoms with Crippen LogP contribution in [0, 0.1) is 13.7 Å². The molecule has 2 aromatic rings. The van der Waals surface area contributed by atoms with Crippen LogP contribution >= 0.6 is 38.5 Å². The molecule has 0 radical (unpaired) electrons. The summed E-state index contributed by atoms with van der Waals surface area (Å²) in [6, 6.07) is 11.3. The third-order valence-electron chi connectivity index (χ3n) is 2.49. The van der Waals surface area contributed by atoms with Gasteiger partial charge in [0.1, 0.15) is 0 Å². The highest BCUT2D eigenvalue weighted by atomic mass is 127. The number of halogens is 2. The standard InChI is InChI=1S/C13H8BrIN2O3/c14-8-2-1-3-9(6-8)16-13(18)11-7-10(17(19)20)4-5-12(11)15/h1-7H,(H,16,18). The molecular formula is C13H8BrIN2O3. The Kier molecular flexibility index (Phi) is 4.71. The molecule has 0 saturated heterocycles. The largest absolute Gasteiger partial charge is 0.322 e. The van der Waals surface area contributed by atoms with Crippen LogP contribution in [-0.2, 0) is 0 Å². The van der Waals surface area contributed by atoms with Gasteiger partial charge >= 0.3 is 0 Å². The first-order chi connectivity index (χ1) is 9.47. The summed E-state index contributed by atoms with van der Waals surface area (Å²) in [5.74, 6) is -0.379. The first-order valence-electron chi connectivity index (χ1n) is 5.48. The van der Waals surface area contributed by atoms with Crippen molar-refractivity contribution in [3.8, 4) is 0 Å². The number of carbonyl (C=O) groups is 1. The lowest BCUT2D eigenvalue weighted by Gasteiger charge is -2.07. The smallest absolute Gasteiger partial charge is 0.270 e. The van der Waals surface area contributed by atoms with Gasteiger partial charge in [-0.1, -0.05) is 22.0 Å². The third kappa shape index (κ3) is 3.54. The number of hydrogen-bond donors (Lipinski definition) is 1. The Morgan fingerprint density at radius 1 is 1.25 bits per heavy atom. The summed E-state index contributed by atoms with van der Waals surface area (Å²) < 4.78 is 1.49. The van der Waals surface area contributed by atoms with Crippen LogP contribution in [0.15, 0.2) is 46.9 Å². The number of benzene rings is 2. The number of nitro groups is 1. The molecule has 2 rings (SSSR count). The zero-order chi connectivity index (χ0) is 14.7. The van der Waals surface area contributed by atoms with E-state index in [-0.39, 0.29) is 17.2 Å². The van der Waals surface area contributed by atoms with Crippen LogP contribution in [0.4, 0.5) is 11.4 Å². The predicted octanol–water partition coefficient (Wildman–Crippen LogP) is 4.21. The maximum atomic E-state index is 12.2. The Morgan fingerprint density at radius 3 is 2.65 bits per heavy atom. The molecule has 0 aromatic heterocycles. The van der Waals surface area contributed by atoms with Crippen LogP contribution < -0.4 is 5.32 Å². The number of nitrogens with one attached hydrogen (secondary N) is 1. The van der Waals surface area contributed by atoms with E-state index in [0.717, 1.165) is 4.47 Å². The van der Waals surface area contributed by atoms with Crippen LogP contribution in [0.2, 0.25) is 0 Å². The lowest BCUT2D eigenvalue weighted by Crippen LogP contribution is -2.13. The molecule has 5 nitrogen and oxygen atoms in total. The van der Waals surface area contributed by atoms with E-state index < -0.39 is 4.92 Å². The SMILES string of the molecule is O=C(Nc1cccc(Br)c1)c1cc([N+](=O)[O-])ccc1I.